The van der Waals surface area contributed by atoms with E-state index in [1.54, 1.807) is 54.7 Å². The number of hydrogen-bond donors (Lipinski definition) is 0. The average Bonchev–Trinajstić information content (AvgIpc) is 2.94. The number of ether oxygens (including phenoxy) is 2. The summed E-state index contributed by atoms with van der Waals surface area (Å²) in [6.07, 6.45) is -7.48. The van der Waals surface area contributed by atoms with Crippen molar-refractivity contribution in [2.45, 2.75) is 50.4 Å². The Morgan fingerprint density at radius 2 is 1.48 bits per heavy atom. The lowest BCUT2D eigenvalue weighted by molar-refractivity contribution is -0.143. The van der Waals surface area contributed by atoms with Crippen LogP contribution >= 0.6 is 0 Å². The fourth-order valence-electron chi connectivity index (χ4n) is 4.62. The fourth-order valence-corrected chi connectivity index (χ4v) is 4.62. The lowest BCUT2D eigenvalue weighted by Gasteiger charge is -2.44. The van der Waals surface area contributed by atoms with Crippen molar-refractivity contribution in [2.75, 3.05) is 6.61 Å². The van der Waals surface area contributed by atoms with Crippen LogP contribution in [-0.2, 0) is 34.0 Å². The first kappa shape index (κ1) is 29.2. The molecule has 212 valence electrons. The summed E-state index contributed by atoms with van der Waals surface area (Å²) in [4.78, 5) is 14.7. The molecule has 0 saturated heterocycles. The quantitative estimate of drug-likeness (QED) is 0.270. The van der Waals surface area contributed by atoms with Crippen LogP contribution in [0.25, 0.3) is 0 Å². The van der Waals surface area contributed by atoms with E-state index in [0.717, 1.165) is 5.56 Å². The van der Waals surface area contributed by atoms with Crippen LogP contribution in [0.3, 0.4) is 0 Å². The van der Waals surface area contributed by atoms with Gasteiger partial charge in [-0.3, -0.25) is 4.90 Å². The SMILES string of the molecule is C[C@@H](OC[C@]1(c2ccccc2)CCC=CN1C(=O)OCc1ccccc1)c1cc(C(F)(F)F)cc(C(F)(F)F)c1. The van der Waals surface area contributed by atoms with E-state index in [9.17, 15) is 31.1 Å². The molecule has 4 rings (SSSR count). The van der Waals surface area contributed by atoms with Gasteiger partial charge >= 0.3 is 18.4 Å². The Balaban J connectivity index is 1.64. The second-order valence-electron chi connectivity index (χ2n) is 9.52. The summed E-state index contributed by atoms with van der Waals surface area (Å²) in [5, 5.41) is 0. The van der Waals surface area contributed by atoms with Crippen molar-refractivity contribution in [1.82, 2.24) is 4.90 Å². The van der Waals surface area contributed by atoms with Gasteiger partial charge < -0.3 is 9.47 Å². The van der Waals surface area contributed by atoms with E-state index in [0.29, 0.717) is 30.5 Å². The van der Waals surface area contributed by atoms with Crippen LogP contribution in [0.15, 0.2) is 91.1 Å². The van der Waals surface area contributed by atoms with Crippen molar-refractivity contribution in [2.24, 2.45) is 0 Å². The number of amides is 1. The molecule has 4 nitrogen and oxygen atoms in total. The minimum atomic E-state index is -4.98. The van der Waals surface area contributed by atoms with Gasteiger partial charge in [-0.1, -0.05) is 66.7 Å². The normalized spacial score (nSPS) is 18.4. The first-order valence-corrected chi connectivity index (χ1v) is 12.5. The molecule has 0 N–H and O–H groups in total. The van der Waals surface area contributed by atoms with Crippen molar-refractivity contribution in [1.29, 1.82) is 0 Å². The Hall–Kier alpha value is -3.79. The van der Waals surface area contributed by atoms with E-state index in [2.05, 4.69) is 0 Å². The second-order valence-corrected chi connectivity index (χ2v) is 9.52. The van der Waals surface area contributed by atoms with Crippen molar-refractivity contribution >= 4 is 6.09 Å². The number of carbonyl (C=O) groups is 1. The topological polar surface area (TPSA) is 38.8 Å². The molecular formula is C30H27F6NO3. The minimum Gasteiger partial charge on any atom is -0.444 e. The molecule has 1 aliphatic rings. The van der Waals surface area contributed by atoms with Gasteiger partial charge in [-0.15, -0.1) is 0 Å². The molecule has 10 heteroatoms. The predicted octanol–water partition coefficient (Wildman–Crippen LogP) is 8.64. The van der Waals surface area contributed by atoms with Crippen LogP contribution in [0.2, 0.25) is 0 Å². The first-order chi connectivity index (χ1) is 18.9. The fraction of sp³-hybridized carbons (Fsp3) is 0.300. The van der Waals surface area contributed by atoms with E-state index in [1.165, 1.54) is 11.8 Å². The molecule has 3 aromatic carbocycles. The molecule has 0 bridgehead atoms. The number of nitrogens with zero attached hydrogens (tertiary/aromatic N) is 1. The molecule has 1 amide bonds. The average molecular weight is 564 g/mol. The maximum Gasteiger partial charge on any atom is 0.416 e. The molecule has 0 radical (unpaired) electrons. The molecule has 0 fully saturated rings. The lowest BCUT2D eigenvalue weighted by atomic mass is 9.82. The Kier molecular flexibility index (Phi) is 8.58. The van der Waals surface area contributed by atoms with Gasteiger partial charge in [0.15, 0.2) is 0 Å². The van der Waals surface area contributed by atoms with Gasteiger partial charge in [0.05, 0.1) is 29.4 Å². The molecule has 1 aliphatic heterocycles. The highest BCUT2D eigenvalue weighted by Gasteiger charge is 2.44. The zero-order valence-electron chi connectivity index (χ0n) is 21.5. The highest BCUT2D eigenvalue weighted by Crippen LogP contribution is 2.41. The monoisotopic (exact) mass is 563 g/mol. The van der Waals surface area contributed by atoms with Gasteiger partial charge in [-0.05, 0) is 54.7 Å². The largest absolute Gasteiger partial charge is 0.444 e. The smallest absolute Gasteiger partial charge is 0.416 e. The number of alkyl halides is 6. The third-order valence-electron chi connectivity index (χ3n) is 6.80. The van der Waals surface area contributed by atoms with E-state index >= 15 is 0 Å². The molecule has 2 atom stereocenters. The molecule has 0 spiro atoms. The minimum absolute atomic E-state index is 0.0105. The van der Waals surface area contributed by atoms with Gasteiger partial charge in [-0.2, -0.15) is 26.3 Å². The summed E-state index contributed by atoms with van der Waals surface area (Å²) >= 11 is 0. The van der Waals surface area contributed by atoms with Gasteiger partial charge in [0.2, 0.25) is 0 Å². The van der Waals surface area contributed by atoms with Crippen LogP contribution < -0.4 is 0 Å². The zero-order chi connectivity index (χ0) is 29.0. The number of allylic oxidation sites excluding steroid dienone is 1. The van der Waals surface area contributed by atoms with Crippen molar-refractivity contribution in [3.05, 3.63) is 119 Å². The lowest BCUT2D eigenvalue weighted by Crippen LogP contribution is -2.51. The maximum absolute atomic E-state index is 13.4. The molecule has 0 aliphatic carbocycles. The summed E-state index contributed by atoms with van der Waals surface area (Å²) in [5.74, 6) is 0. The van der Waals surface area contributed by atoms with E-state index in [1.807, 2.05) is 18.2 Å². The van der Waals surface area contributed by atoms with Crippen LogP contribution in [0.4, 0.5) is 31.1 Å². The molecule has 1 heterocycles. The van der Waals surface area contributed by atoms with Crippen LogP contribution in [0.1, 0.15) is 53.7 Å². The summed E-state index contributed by atoms with van der Waals surface area (Å²) in [5.41, 5.74) is -2.78. The van der Waals surface area contributed by atoms with E-state index < -0.39 is 41.2 Å². The molecule has 0 saturated carbocycles. The van der Waals surface area contributed by atoms with Crippen molar-refractivity contribution in [3.63, 3.8) is 0 Å². The summed E-state index contributed by atoms with van der Waals surface area (Å²) < 4.78 is 92.1. The highest BCUT2D eigenvalue weighted by molar-refractivity contribution is 5.71. The second kappa shape index (κ2) is 11.8. The standard InChI is InChI=1S/C30H27F6NO3/c1-21(23-16-25(29(31,32)33)18-26(17-23)30(34,35)36)40-20-28(24-12-6-3-7-13-24)14-8-9-15-37(28)27(38)39-19-22-10-4-2-5-11-22/h2-7,9-13,15-18,21H,8,14,19-20H2,1H3/t21-,28+/m1/s1. The van der Waals surface area contributed by atoms with E-state index in [-0.39, 0.29) is 24.8 Å². The molecule has 40 heavy (non-hydrogen) atoms. The Morgan fingerprint density at radius 3 is 2.05 bits per heavy atom. The molecular weight excluding hydrogens is 536 g/mol. The number of halogens is 6. The summed E-state index contributed by atoms with van der Waals surface area (Å²) in [7, 11) is 0. The Morgan fingerprint density at radius 1 is 0.900 bits per heavy atom. The van der Waals surface area contributed by atoms with Gasteiger partial charge in [-0.25, -0.2) is 4.79 Å². The third-order valence-corrected chi connectivity index (χ3v) is 6.80. The Bertz CT molecular complexity index is 1290. The van der Waals surface area contributed by atoms with Gasteiger partial charge in [0, 0.05) is 6.20 Å². The molecule has 0 unspecified atom stereocenters. The summed E-state index contributed by atoms with van der Waals surface area (Å²) in [6, 6.07) is 19.4. The van der Waals surface area contributed by atoms with Crippen molar-refractivity contribution in [3.8, 4) is 0 Å². The van der Waals surface area contributed by atoms with Gasteiger partial charge in [0.1, 0.15) is 6.61 Å². The van der Waals surface area contributed by atoms with Crippen LogP contribution in [0, 0.1) is 0 Å². The molecule has 0 aromatic heterocycles. The number of hydrogen-bond acceptors (Lipinski definition) is 3. The molecule has 3 aromatic rings. The zero-order valence-corrected chi connectivity index (χ0v) is 21.5. The van der Waals surface area contributed by atoms with Gasteiger partial charge in [0.25, 0.3) is 0 Å². The summed E-state index contributed by atoms with van der Waals surface area (Å²) in [6.45, 7) is 1.18. The predicted molar refractivity (Wildman–Crippen MR) is 136 cm³/mol. The number of rotatable bonds is 7. The van der Waals surface area contributed by atoms with Crippen LogP contribution in [0.5, 0.6) is 0 Å². The highest BCUT2D eigenvalue weighted by atomic mass is 19.4. The third kappa shape index (κ3) is 6.67. The first-order valence-electron chi connectivity index (χ1n) is 12.5. The number of benzene rings is 3. The number of carbonyl (C=O) groups excluding carboxylic acids is 1. The van der Waals surface area contributed by atoms with Crippen LogP contribution in [-0.4, -0.2) is 17.6 Å². The maximum atomic E-state index is 13.4. The van der Waals surface area contributed by atoms with E-state index in [4.69, 9.17) is 9.47 Å². The Labute approximate surface area is 227 Å². The van der Waals surface area contributed by atoms with Crippen molar-refractivity contribution < 1.29 is 40.6 Å².